The van der Waals surface area contributed by atoms with Crippen LogP contribution in [0.1, 0.15) is 47.6 Å². The number of aromatic nitrogens is 1. The number of nitrogens with zero attached hydrogens (tertiary/aromatic N) is 1. The van der Waals surface area contributed by atoms with Gasteiger partial charge in [0.2, 0.25) is 5.91 Å². The monoisotopic (exact) mass is 478 g/mol. The number of amides is 1. The molecule has 3 aromatic rings. The third-order valence-corrected chi connectivity index (χ3v) is 6.86. The molecule has 9 heteroatoms. The SMILES string of the molecule is O=C(Nc1ccc(C(F)(F)F)cc1F)C1CCCC(c2ccc(-c3cnsc3CO)cc2)C1. The number of nitrogens with one attached hydrogen (secondary N) is 1. The summed E-state index contributed by atoms with van der Waals surface area (Å²) in [7, 11) is 0. The molecule has 33 heavy (non-hydrogen) atoms. The number of aliphatic hydroxyl groups is 1. The maximum absolute atomic E-state index is 14.1. The average Bonchev–Trinajstić information content (AvgIpc) is 3.29. The van der Waals surface area contributed by atoms with E-state index in [4.69, 9.17) is 0 Å². The van der Waals surface area contributed by atoms with Crippen LogP contribution < -0.4 is 5.32 Å². The van der Waals surface area contributed by atoms with Crippen LogP contribution in [0.2, 0.25) is 0 Å². The van der Waals surface area contributed by atoms with Gasteiger partial charge < -0.3 is 10.4 Å². The number of anilines is 1. The smallest absolute Gasteiger partial charge is 0.391 e. The van der Waals surface area contributed by atoms with Crippen LogP contribution in [0.5, 0.6) is 0 Å². The van der Waals surface area contributed by atoms with E-state index in [0.717, 1.165) is 46.5 Å². The number of carbonyl (C=O) groups is 1. The summed E-state index contributed by atoms with van der Waals surface area (Å²) in [5.74, 6) is -1.69. The van der Waals surface area contributed by atoms with Crippen LogP contribution >= 0.6 is 11.5 Å². The zero-order valence-electron chi connectivity index (χ0n) is 17.5. The van der Waals surface area contributed by atoms with Gasteiger partial charge in [-0.1, -0.05) is 30.7 Å². The number of rotatable bonds is 5. The molecular weight excluding hydrogens is 456 g/mol. The Kier molecular flexibility index (Phi) is 6.81. The van der Waals surface area contributed by atoms with Crippen molar-refractivity contribution in [3.05, 3.63) is 70.5 Å². The zero-order valence-corrected chi connectivity index (χ0v) is 18.3. The normalized spacial score (nSPS) is 18.8. The molecule has 1 heterocycles. The molecule has 0 bridgehead atoms. The second kappa shape index (κ2) is 9.61. The average molecular weight is 479 g/mol. The van der Waals surface area contributed by atoms with Crippen molar-refractivity contribution in [3.8, 4) is 11.1 Å². The second-order valence-corrected chi connectivity index (χ2v) is 9.07. The molecule has 2 atom stereocenters. The summed E-state index contributed by atoms with van der Waals surface area (Å²) < 4.78 is 56.4. The molecule has 2 N–H and O–H groups in total. The fraction of sp³-hybridized carbons (Fsp3) is 0.333. The molecule has 0 aliphatic heterocycles. The summed E-state index contributed by atoms with van der Waals surface area (Å²) in [6.45, 7) is -0.0688. The van der Waals surface area contributed by atoms with Crippen molar-refractivity contribution in [1.82, 2.24) is 4.37 Å². The molecule has 2 aromatic carbocycles. The van der Waals surface area contributed by atoms with Gasteiger partial charge in [-0.05, 0) is 66.0 Å². The van der Waals surface area contributed by atoms with E-state index in [1.54, 1.807) is 6.20 Å². The second-order valence-electron chi connectivity index (χ2n) is 8.18. The van der Waals surface area contributed by atoms with E-state index in [9.17, 15) is 27.5 Å². The highest BCUT2D eigenvalue weighted by atomic mass is 32.1. The molecule has 1 fully saturated rings. The van der Waals surface area contributed by atoms with E-state index in [1.165, 1.54) is 11.5 Å². The Labute approximate surface area is 192 Å². The van der Waals surface area contributed by atoms with Gasteiger partial charge in [-0.3, -0.25) is 4.79 Å². The number of carbonyl (C=O) groups excluding carboxylic acids is 1. The molecule has 1 saturated carbocycles. The van der Waals surface area contributed by atoms with Gasteiger partial charge >= 0.3 is 6.18 Å². The molecule has 0 spiro atoms. The van der Waals surface area contributed by atoms with Gasteiger partial charge in [0.25, 0.3) is 0 Å². The van der Waals surface area contributed by atoms with Crippen LogP contribution in [-0.2, 0) is 17.6 Å². The molecule has 1 amide bonds. The summed E-state index contributed by atoms with van der Waals surface area (Å²) in [5.41, 5.74) is 1.60. The van der Waals surface area contributed by atoms with Crippen molar-refractivity contribution in [3.63, 3.8) is 0 Å². The van der Waals surface area contributed by atoms with Crippen LogP contribution in [0.4, 0.5) is 23.2 Å². The molecule has 2 unspecified atom stereocenters. The highest BCUT2D eigenvalue weighted by molar-refractivity contribution is 7.06. The van der Waals surface area contributed by atoms with Gasteiger partial charge in [0.05, 0.1) is 22.7 Å². The van der Waals surface area contributed by atoms with E-state index >= 15 is 0 Å². The Morgan fingerprint density at radius 1 is 1.15 bits per heavy atom. The number of halogens is 4. The Bertz CT molecular complexity index is 1130. The fourth-order valence-electron chi connectivity index (χ4n) is 4.31. The van der Waals surface area contributed by atoms with Gasteiger partial charge in [-0.2, -0.15) is 13.2 Å². The summed E-state index contributed by atoms with van der Waals surface area (Å²) >= 11 is 1.26. The minimum Gasteiger partial charge on any atom is -0.391 e. The number of hydrogen-bond acceptors (Lipinski definition) is 4. The Morgan fingerprint density at radius 3 is 2.58 bits per heavy atom. The molecular formula is C24H22F4N2O2S. The first-order chi connectivity index (χ1) is 15.8. The largest absolute Gasteiger partial charge is 0.416 e. The molecule has 4 nitrogen and oxygen atoms in total. The van der Waals surface area contributed by atoms with Crippen LogP contribution in [0, 0.1) is 11.7 Å². The Balaban J connectivity index is 1.43. The lowest BCUT2D eigenvalue weighted by Gasteiger charge is -2.29. The third-order valence-electron chi connectivity index (χ3n) is 6.08. The summed E-state index contributed by atoms with van der Waals surface area (Å²) in [6, 6.07) is 10.1. The first kappa shape index (κ1) is 23.4. The quantitative estimate of drug-likeness (QED) is 0.419. The van der Waals surface area contributed by atoms with Gasteiger partial charge in [-0.25, -0.2) is 8.76 Å². The molecule has 0 radical (unpaired) electrons. The number of benzene rings is 2. The highest BCUT2D eigenvalue weighted by Gasteiger charge is 2.32. The minimum atomic E-state index is -4.64. The van der Waals surface area contributed by atoms with Crippen molar-refractivity contribution in [2.24, 2.45) is 5.92 Å². The standard InChI is InChI=1S/C24H22F4N2O2S/c25-20-11-18(24(26,27)28)8-9-21(20)30-23(32)17-3-1-2-16(10-17)14-4-6-15(7-5-14)19-12-29-33-22(19)13-31/h4-9,11-12,16-17,31H,1-3,10,13H2,(H,30,32). The third kappa shape index (κ3) is 5.25. The summed E-state index contributed by atoms with van der Waals surface area (Å²) in [5, 5.41) is 11.9. The van der Waals surface area contributed by atoms with Crippen molar-refractivity contribution >= 4 is 23.1 Å². The van der Waals surface area contributed by atoms with Crippen molar-refractivity contribution in [2.75, 3.05) is 5.32 Å². The van der Waals surface area contributed by atoms with Crippen molar-refractivity contribution in [2.45, 2.75) is 44.4 Å². The zero-order chi connectivity index (χ0) is 23.6. The molecule has 174 valence electrons. The lowest BCUT2D eigenvalue weighted by molar-refractivity contribution is -0.137. The molecule has 1 aliphatic carbocycles. The lowest BCUT2D eigenvalue weighted by atomic mass is 9.77. The van der Waals surface area contributed by atoms with Crippen LogP contribution in [0.25, 0.3) is 11.1 Å². The van der Waals surface area contributed by atoms with Crippen LogP contribution in [-0.4, -0.2) is 15.4 Å². The van der Waals surface area contributed by atoms with E-state index in [-0.39, 0.29) is 30.0 Å². The van der Waals surface area contributed by atoms with Gasteiger partial charge in [-0.15, -0.1) is 0 Å². The predicted molar refractivity (Wildman–Crippen MR) is 118 cm³/mol. The molecule has 4 rings (SSSR count). The minimum absolute atomic E-state index is 0.0688. The Morgan fingerprint density at radius 2 is 1.91 bits per heavy atom. The first-order valence-electron chi connectivity index (χ1n) is 10.6. The summed E-state index contributed by atoms with van der Waals surface area (Å²) in [6.07, 6.45) is 0.0446. The molecule has 0 saturated heterocycles. The first-order valence-corrected chi connectivity index (χ1v) is 11.4. The Hall–Kier alpha value is -2.78. The number of alkyl halides is 3. The highest BCUT2D eigenvalue weighted by Crippen LogP contribution is 2.38. The van der Waals surface area contributed by atoms with Gasteiger partial charge in [0, 0.05) is 17.7 Å². The lowest BCUT2D eigenvalue weighted by Crippen LogP contribution is -2.28. The van der Waals surface area contributed by atoms with E-state index in [1.807, 2.05) is 24.3 Å². The van der Waals surface area contributed by atoms with Crippen molar-refractivity contribution < 1.29 is 27.5 Å². The van der Waals surface area contributed by atoms with E-state index in [2.05, 4.69) is 9.69 Å². The fourth-order valence-corrected chi connectivity index (χ4v) is 4.92. The van der Waals surface area contributed by atoms with Crippen molar-refractivity contribution in [1.29, 1.82) is 0 Å². The summed E-state index contributed by atoms with van der Waals surface area (Å²) in [4.78, 5) is 13.5. The van der Waals surface area contributed by atoms with E-state index < -0.39 is 17.6 Å². The topological polar surface area (TPSA) is 62.2 Å². The van der Waals surface area contributed by atoms with Crippen LogP contribution in [0.3, 0.4) is 0 Å². The maximum Gasteiger partial charge on any atom is 0.416 e. The van der Waals surface area contributed by atoms with Crippen LogP contribution in [0.15, 0.2) is 48.7 Å². The van der Waals surface area contributed by atoms with Gasteiger partial charge in [0.1, 0.15) is 5.82 Å². The molecule has 1 aromatic heterocycles. The predicted octanol–water partition coefficient (Wildman–Crippen LogP) is 6.37. The number of aliphatic hydroxyl groups excluding tert-OH is 1. The van der Waals surface area contributed by atoms with E-state index in [0.29, 0.717) is 18.9 Å². The number of hydrogen-bond donors (Lipinski definition) is 2. The van der Waals surface area contributed by atoms with Gasteiger partial charge in [0.15, 0.2) is 0 Å². The maximum atomic E-state index is 14.1. The molecule has 1 aliphatic rings.